The topological polar surface area (TPSA) is 298 Å². The average molecular weight is 401 g/mol. The molecular weight excluding hydrogens is 401 g/mol. The van der Waals surface area contributed by atoms with Crippen molar-refractivity contribution >= 4 is 83.3 Å². The van der Waals surface area contributed by atoms with Gasteiger partial charge in [-0.25, -0.2) is 0 Å². The van der Waals surface area contributed by atoms with Crippen molar-refractivity contribution in [1.82, 2.24) is 0 Å². The Morgan fingerprint density at radius 1 is 0.450 bits per heavy atom. The molecule has 20 heavy (non-hydrogen) atoms. The molecule has 14 nitrogen and oxygen atoms in total. The van der Waals surface area contributed by atoms with Gasteiger partial charge in [0.15, 0.2) is 0 Å². The fourth-order valence-electron chi connectivity index (χ4n) is 0. The molecule has 20 heteroatoms. The second-order valence-electron chi connectivity index (χ2n) is 1.22. The second kappa shape index (κ2) is 20.1. The van der Waals surface area contributed by atoms with Crippen LogP contribution in [0, 0.1) is 0 Å². The normalized spacial score (nSPS) is 8.70. The Bertz CT molecular complexity index is 345. The summed E-state index contributed by atoms with van der Waals surface area (Å²) in [7, 11) is -15.5. The Labute approximate surface area is 146 Å². The molecule has 0 amide bonds. The van der Waals surface area contributed by atoms with E-state index in [1.165, 1.54) is 0 Å². The molecule has 0 rings (SSSR count). The molecule has 0 aromatic rings. The molecule has 0 aliphatic rings. The monoisotopic (exact) mass is 401 g/mol. The van der Waals surface area contributed by atoms with E-state index >= 15 is 0 Å². The summed E-state index contributed by atoms with van der Waals surface area (Å²) in [6, 6.07) is 0. The SMILES string of the molecule is O=S(=O)([O-])[O-].O=S(=O)([O-])[O-].O=S(=O)([O-])[O-].[Al+2].[Al+3].[Al+3].[O-].[O-]. The first kappa shape index (κ1) is 49.7. The van der Waals surface area contributed by atoms with Crippen LogP contribution in [0.3, 0.4) is 0 Å². The molecule has 0 aromatic heterocycles. The van der Waals surface area contributed by atoms with E-state index in [4.69, 9.17) is 52.6 Å². The zero-order chi connectivity index (χ0) is 13.5. The molecule has 111 valence electrons. The summed E-state index contributed by atoms with van der Waals surface area (Å²) >= 11 is 0. The maximum atomic E-state index is 8.52. The maximum absolute atomic E-state index is 8.52. The Balaban J connectivity index is -0.0000000160. The van der Waals surface area contributed by atoms with Crippen molar-refractivity contribution in [2.45, 2.75) is 0 Å². The zero-order valence-corrected chi connectivity index (χ0v) is 14.6. The molecule has 0 N–H and O–H groups in total. The third-order valence-corrected chi connectivity index (χ3v) is 0. The van der Waals surface area contributed by atoms with Crippen molar-refractivity contribution < 1.29 is 63.5 Å². The number of hydrogen-bond acceptors (Lipinski definition) is 14. The molecule has 0 aliphatic carbocycles. The van der Waals surface area contributed by atoms with Crippen LogP contribution in [-0.2, 0) is 42.1 Å². The third kappa shape index (κ3) is 4950. The van der Waals surface area contributed by atoms with Gasteiger partial charge in [0.1, 0.15) is 0 Å². The van der Waals surface area contributed by atoms with Gasteiger partial charge in [-0.15, -0.1) is 0 Å². The van der Waals surface area contributed by atoms with Crippen molar-refractivity contribution in [2.75, 3.05) is 0 Å². The summed E-state index contributed by atoms with van der Waals surface area (Å²) in [4.78, 5) is 0. The summed E-state index contributed by atoms with van der Waals surface area (Å²) in [5.74, 6) is 0. The van der Waals surface area contributed by atoms with Crippen LogP contribution in [0.5, 0.6) is 0 Å². The molecule has 0 unspecified atom stereocenters. The van der Waals surface area contributed by atoms with Gasteiger partial charge in [0.05, 0.1) is 0 Å². The Hall–Kier alpha value is 1.13. The molecule has 0 atom stereocenters. The molecule has 0 aliphatic heterocycles. The quantitative estimate of drug-likeness (QED) is 0.208. The smallest absolute Gasteiger partial charge is 1.00 e. The minimum Gasteiger partial charge on any atom is -1.00 e. The van der Waals surface area contributed by atoms with Crippen molar-refractivity contribution in [3.8, 4) is 0 Å². The van der Waals surface area contributed by atoms with Crippen molar-refractivity contribution in [3.63, 3.8) is 0 Å². The van der Waals surface area contributed by atoms with Gasteiger partial charge in [-0.2, -0.15) is 0 Å². The van der Waals surface area contributed by atoms with Crippen LogP contribution in [0.15, 0.2) is 0 Å². The fourth-order valence-corrected chi connectivity index (χ4v) is 0. The predicted octanol–water partition coefficient (Wildman–Crippen LogP) is -5.39. The summed E-state index contributed by atoms with van der Waals surface area (Å²) < 4.78 is 102. The molecule has 0 heterocycles. The fraction of sp³-hybridized carbons (Fsp3) is 0. The molecule has 0 saturated carbocycles. The maximum Gasteiger partial charge on any atom is 3.00 e. The van der Waals surface area contributed by atoms with Gasteiger partial charge in [-0.3, -0.25) is 25.3 Å². The Kier molecular flexibility index (Phi) is 50.0. The van der Waals surface area contributed by atoms with Crippen LogP contribution in [-0.4, -0.2) is 105 Å². The van der Waals surface area contributed by atoms with Crippen molar-refractivity contribution in [3.05, 3.63) is 0 Å². The molecular formula is Al3O14S3. The van der Waals surface area contributed by atoms with Crippen LogP contribution in [0.1, 0.15) is 0 Å². The van der Waals surface area contributed by atoms with Gasteiger partial charge in [0, 0.05) is 31.2 Å². The van der Waals surface area contributed by atoms with E-state index in [-0.39, 0.29) is 63.0 Å². The van der Waals surface area contributed by atoms with Gasteiger partial charge < -0.3 is 38.3 Å². The summed E-state index contributed by atoms with van der Waals surface area (Å²) in [5.41, 5.74) is 0. The van der Waals surface area contributed by atoms with E-state index in [9.17, 15) is 0 Å². The van der Waals surface area contributed by atoms with Crippen LogP contribution in [0.4, 0.5) is 0 Å². The largest absolute Gasteiger partial charge is 3.00 e. The minimum absolute atomic E-state index is 0. The molecule has 3 radical (unpaired) electrons. The number of rotatable bonds is 0. The average Bonchev–Trinajstić information content (AvgIpc) is 1.41. The van der Waals surface area contributed by atoms with Gasteiger partial charge >= 0.3 is 52.1 Å². The summed E-state index contributed by atoms with van der Waals surface area (Å²) in [6.45, 7) is 0. The van der Waals surface area contributed by atoms with Gasteiger partial charge in [0.2, 0.25) is 0 Å². The summed E-state index contributed by atoms with van der Waals surface area (Å²) in [6.07, 6.45) is 0. The second-order valence-corrected chi connectivity index (χ2v) is 3.67. The van der Waals surface area contributed by atoms with E-state index in [1.54, 1.807) is 0 Å². The van der Waals surface area contributed by atoms with Crippen LogP contribution >= 0.6 is 0 Å². The molecule has 0 spiro atoms. The molecule has 0 aromatic carbocycles. The van der Waals surface area contributed by atoms with E-state index in [2.05, 4.69) is 0 Å². The molecule has 0 saturated heterocycles. The van der Waals surface area contributed by atoms with Gasteiger partial charge in [-0.05, 0) is 0 Å². The van der Waals surface area contributed by atoms with Gasteiger partial charge in [-0.1, -0.05) is 0 Å². The van der Waals surface area contributed by atoms with Crippen LogP contribution in [0.25, 0.3) is 0 Å². The van der Waals surface area contributed by atoms with Crippen LogP contribution in [0.2, 0.25) is 0 Å². The Morgan fingerprint density at radius 3 is 0.450 bits per heavy atom. The van der Waals surface area contributed by atoms with E-state index < -0.39 is 31.2 Å². The van der Waals surface area contributed by atoms with E-state index in [1.807, 2.05) is 0 Å². The Morgan fingerprint density at radius 2 is 0.450 bits per heavy atom. The van der Waals surface area contributed by atoms with Crippen molar-refractivity contribution in [2.24, 2.45) is 0 Å². The standard InChI is InChI=1S/3Al.3H2O4S.2O/c;;;3*1-5(2,3)4;;/h;;;3*(H2,1,2,3,4);;/q+2;2*+3;;;;2*-1/p-6. The first-order chi connectivity index (χ1) is 6.00. The van der Waals surface area contributed by atoms with E-state index in [0.29, 0.717) is 0 Å². The van der Waals surface area contributed by atoms with E-state index in [0.717, 1.165) is 0 Å². The van der Waals surface area contributed by atoms with Crippen LogP contribution < -0.4 is 0 Å². The van der Waals surface area contributed by atoms with Crippen molar-refractivity contribution in [1.29, 1.82) is 0 Å². The zero-order valence-electron chi connectivity index (χ0n) is 8.67. The number of hydrogen-bond donors (Lipinski definition) is 0. The minimum atomic E-state index is -5.17. The first-order valence-corrected chi connectivity index (χ1v) is 6.00. The predicted molar refractivity (Wildman–Crippen MR) is 50.1 cm³/mol. The first-order valence-electron chi connectivity index (χ1n) is 2.00. The molecule has 0 bridgehead atoms. The third-order valence-electron chi connectivity index (χ3n) is 0. The summed E-state index contributed by atoms with van der Waals surface area (Å²) in [5, 5.41) is 0. The van der Waals surface area contributed by atoms with Gasteiger partial charge in [0.25, 0.3) is 0 Å². The molecule has 0 fully saturated rings.